The Morgan fingerprint density at radius 2 is 1.50 bits per heavy atom. The normalized spacial score (nSPS) is 10.7. The van der Waals surface area contributed by atoms with Gasteiger partial charge in [-0.2, -0.15) is 0 Å². The lowest BCUT2D eigenvalue weighted by Gasteiger charge is -2.05. The van der Waals surface area contributed by atoms with Crippen LogP contribution in [0.25, 0.3) is 0 Å². The van der Waals surface area contributed by atoms with Gasteiger partial charge in [-0.15, -0.1) is 0 Å². The van der Waals surface area contributed by atoms with Crippen LogP contribution >= 0.6 is 0 Å². The monoisotopic (exact) mass is 237 g/mol. The van der Waals surface area contributed by atoms with Crippen molar-refractivity contribution >= 4 is 0 Å². The highest BCUT2D eigenvalue weighted by Gasteiger charge is 1.96. The van der Waals surface area contributed by atoms with Gasteiger partial charge in [-0.1, -0.05) is 42.5 Å². The molecule has 0 atom stereocenters. The van der Waals surface area contributed by atoms with Gasteiger partial charge in [0, 0.05) is 0 Å². The Hall–Kier alpha value is -2.02. The highest BCUT2D eigenvalue weighted by atomic mass is 16.5. The standard InChI is InChI=1S/C17H17O/c1-2-3-5-8-15-11-13-17(14-12-15)18-16-9-6-4-7-10-16/h3-7,9-14H,1-2,8H2. The average Bonchev–Trinajstić information content (AvgIpc) is 2.42. The van der Waals surface area contributed by atoms with E-state index in [9.17, 15) is 0 Å². The number of rotatable bonds is 5. The summed E-state index contributed by atoms with van der Waals surface area (Å²) in [5.41, 5.74) is 1.28. The number of allylic oxidation sites excluding steroid dienone is 2. The van der Waals surface area contributed by atoms with Crippen molar-refractivity contribution in [1.82, 2.24) is 0 Å². The zero-order valence-electron chi connectivity index (χ0n) is 10.4. The van der Waals surface area contributed by atoms with Gasteiger partial charge in [0.1, 0.15) is 11.5 Å². The second kappa shape index (κ2) is 6.65. The van der Waals surface area contributed by atoms with E-state index in [1.54, 1.807) is 0 Å². The van der Waals surface area contributed by atoms with Gasteiger partial charge in [-0.05, 0) is 49.6 Å². The van der Waals surface area contributed by atoms with Crippen LogP contribution in [0.15, 0.2) is 66.7 Å². The zero-order valence-corrected chi connectivity index (χ0v) is 10.4. The van der Waals surface area contributed by atoms with Crippen LogP contribution in [-0.4, -0.2) is 0 Å². The van der Waals surface area contributed by atoms with E-state index in [-0.39, 0.29) is 0 Å². The highest BCUT2D eigenvalue weighted by molar-refractivity contribution is 5.33. The Balaban J connectivity index is 1.97. The summed E-state index contributed by atoms with van der Waals surface area (Å²) in [7, 11) is 0. The van der Waals surface area contributed by atoms with Gasteiger partial charge in [0.15, 0.2) is 0 Å². The van der Waals surface area contributed by atoms with Gasteiger partial charge in [-0.25, -0.2) is 0 Å². The Morgan fingerprint density at radius 1 is 0.833 bits per heavy atom. The minimum Gasteiger partial charge on any atom is -0.457 e. The number of hydrogen-bond acceptors (Lipinski definition) is 1. The van der Waals surface area contributed by atoms with Crippen LogP contribution in [0.2, 0.25) is 0 Å². The Labute approximate surface area is 109 Å². The van der Waals surface area contributed by atoms with Crippen molar-refractivity contribution in [2.24, 2.45) is 0 Å². The van der Waals surface area contributed by atoms with Crippen LogP contribution in [0.1, 0.15) is 12.0 Å². The number of hydrogen-bond donors (Lipinski definition) is 0. The molecule has 91 valence electrons. The van der Waals surface area contributed by atoms with Crippen LogP contribution in [0.4, 0.5) is 0 Å². The molecule has 0 amide bonds. The van der Waals surface area contributed by atoms with Crippen molar-refractivity contribution < 1.29 is 4.74 Å². The molecular formula is C17H17O. The molecule has 0 aromatic heterocycles. The molecule has 18 heavy (non-hydrogen) atoms. The third kappa shape index (κ3) is 3.77. The van der Waals surface area contributed by atoms with E-state index in [1.165, 1.54) is 5.56 Å². The van der Waals surface area contributed by atoms with Crippen molar-refractivity contribution in [1.29, 1.82) is 0 Å². The molecule has 0 unspecified atom stereocenters. The quantitative estimate of drug-likeness (QED) is 0.678. The third-order valence-electron chi connectivity index (χ3n) is 2.59. The van der Waals surface area contributed by atoms with Crippen molar-refractivity contribution in [3.05, 3.63) is 79.2 Å². The predicted octanol–water partition coefficient (Wildman–Crippen LogP) is 4.80. The fraction of sp³-hybridized carbons (Fsp3) is 0.118. The molecule has 0 spiro atoms. The SMILES string of the molecule is [CH2]CC=CCc1ccc(Oc2ccccc2)cc1. The maximum absolute atomic E-state index is 5.73. The molecule has 1 nitrogen and oxygen atoms in total. The molecule has 2 rings (SSSR count). The highest BCUT2D eigenvalue weighted by Crippen LogP contribution is 2.21. The van der Waals surface area contributed by atoms with Crippen LogP contribution in [-0.2, 0) is 6.42 Å². The van der Waals surface area contributed by atoms with E-state index in [4.69, 9.17) is 4.74 Å². The summed E-state index contributed by atoms with van der Waals surface area (Å²) in [6.07, 6.45) is 6.00. The van der Waals surface area contributed by atoms with E-state index in [0.29, 0.717) is 0 Å². The summed E-state index contributed by atoms with van der Waals surface area (Å²) in [5.74, 6) is 1.73. The molecular weight excluding hydrogens is 220 g/mol. The molecule has 0 N–H and O–H groups in total. The van der Waals surface area contributed by atoms with Crippen molar-refractivity contribution in [2.75, 3.05) is 0 Å². The second-order valence-corrected chi connectivity index (χ2v) is 4.02. The first kappa shape index (κ1) is 12.4. The van der Waals surface area contributed by atoms with Gasteiger partial charge in [0.25, 0.3) is 0 Å². The van der Waals surface area contributed by atoms with Crippen LogP contribution in [0, 0.1) is 6.92 Å². The molecule has 0 aliphatic rings. The molecule has 0 aliphatic carbocycles. The van der Waals surface area contributed by atoms with E-state index >= 15 is 0 Å². The van der Waals surface area contributed by atoms with Gasteiger partial charge in [0.05, 0.1) is 0 Å². The van der Waals surface area contributed by atoms with Gasteiger partial charge < -0.3 is 4.74 Å². The summed E-state index contributed by atoms with van der Waals surface area (Å²) in [5, 5.41) is 0. The topological polar surface area (TPSA) is 9.23 Å². The van der Waals surface area contributed by atoms with Crippen molar-refractivity contribution in [3.8, 4) is 11.5 Å². The zero-order chi connectivity index (χ0) is 12.6. The molecule has 0 saturated heterocycles. The third-order valence-corrected chi connectivity index (χ3v) is 2.59. The average molecular weight is 237 g/mol. The maximum atomic E-state index is 5.73. The van der Waals surface area contributed by atoms with Crippen LogP contribution < -0.4 is 4.74 Å². The fourth-order valence-electron chi connectivity index (χ4n) is 1.66. The summed E-state index contributed by atoms with van der Waals surface area (Å²) in [6.45, 7) is 3.77. The lowest BCUT2D eigenvalue weighted by molar-refractivity contribution is 0.482. The second-order valence-electron chi connectivity index (χ2n) is 4.02. The molecule has 0 saturated carbocycles. The van der Waals surface area contributed by atoms with E-state index < -0.39 is 0 Å². The molecule has 2 aromatic rings. The lowest BCUT2D eigenvalue weighted by atomic mass is 10.1. The van der Waals surface area contributed by atoms with Crippen LogP contribution in [0.3, 0.4) is 0 Å². The first-order valence-electron chi connectivity index (χ1n) is 6.14. The molecule has 0 heterocycles. The van der Waals surface area contributed by atoms with Gasteiger partial charge in [0.2, 0.25) is 0 Å². The fourth-order valence-corrected chi connectivity index (χ4v) is 1.66. The Bertz CT molecular complexity index is 483. The molecule has 0 aliphatic heterocycles. The van der Waals surface area contributed by atoms with E-state index in [1.807, 2.05) is 42.5 Å². The minimum atomic E-state index is 0.842. The largest absolute Gasteiger partial charge is 0.457 e. The number of ether oxygens (including phenoxy) is 1. The number of benzene rings is 2. The molecule has 1 radical (unpaired) electrons. The minimum absolute atomic E-state index is 0.842. The molecule has 1 heteroatoms. The summed E-state index contributed by atoms with van der Waals surface area (Å²) in [6, 6.07) is 18.0. The van der Waals surface area contributed by atoms with Gasteiger partial charge >= 0.3 is 0 Å². The van der Waals surface area contributed by atoms with Crippen molar-refractivity contribution in [3.63, 3.8) is 0 Å². The van der Waals surface area contributed by atoms with E-state index in [0.717, 1.165) is 24.3 Å². The molecule has 2 aromatic carbocycles. The predicted molar refractivity (Wildman–Crippen MR) is 75.8 cm³/mol. The molecule has 0 fully saturated rings. The van der Waals surface area contributed by atoms with Gasteiger partial charge in [-0.3, -0.25) is 0 Å². The summed E-state index contributed by atoms with van der Waals surface area (Å²) < 4.78 is 5.73. The first-order chi connectivity index (χ1) is 8.88. The van der Waals surface area contributed by atoms with E-state index in [2.05, 4.69) is 31.2 Å². The smallest absolute Gasteiger partial charge is 0.127 e. The summed E-state index contributed by atoms with van der Waals surface area (Å²) >= 11 is 0. The Morgan fingerprint density at radius 3 is 2.17 bits per heavy atom. The lowest BCUT2D eigenvalue weighted by Crippen LogP contribution is -1.85. The van der Waals surface area contributed by atoms with Crippen molar-refractivity contribution in [2.45, 2.75) is 12.8 Å². The number of para-hydroxylation sites is 1. The maximum Gasteiger partial charge on any atom is 0.127 e. The first-order valence-corrected chi connectivity index (χ1v) is 6.14. The summed E-state index contributed by atoms with van der Waals surface area (Å²) in [4.78, 5) is 0. The van der Waals surface area contributed by atoms with Crippen LogP contribution in [0.5, 0.6) is 11.5 Å². The molecule has 0 bridgehead atoms. The Kier molecular flexibility index (Phi) is 4.60.